The number of aromatic amines is 1. The Balaban J connectivity index is 1.67. The average Bonchev–Trinajstić information content (AvgIpc) is 3.06. The minimum Gasteiger partial charge on any atom is -0.491 e. The summed E-state index contributed by atoms with van der Waals surface area (Å²) in [6.45, 7) is 0. The number of hydrogen-bond donors (Lipinski definition) is 2. The van der Waals surface area contributed by atoms with Crippen molar-refractivity contribution in [2.75, 3.05) is 12.4 Å². The highest BCUT2D eigenvalue weighted by atomic mass is 35.5. The van der Waals surface area contributed by atoms with Crippen molar-refractivity contribution >= 4 is 23.3 Å². The maximum atomic E-state index is 13.4. The van der Waals surface area contributed by atoms with E-state index >= 15 is 0 Å². The normalized spacial score (nSPS) is 10.6. The molecular formula is C17H15ClFN5O2. The zero-order valence-electron chi connectivity index (χ0n) is 13.8. The van der Waals surface area contributed by atoms with Crippen molar-refractivity contribution < 1.29 is 13.9 Å². The lowest BCUT2D eigenvalue weighted by Gasteiger charge is -2.06. The van der Waals surface area contributed by atoms with Crippen molar-refractivity contribution in [1.29, 1.82) is 0 Å². The Kier molecular flexibility index (Phi) is 5.43. The average molecular weight is 376 g/mol. The quantitative estimate of drug-likeness (QED) is 0.690. The first-order chi connectivity index (χ1) is 12.6. The molecule has 134 valence electrons. The maximum Gasteiger partial charge on any atom is 0.226 e. The first kappa shape index (κ1) is 17.8. The molecule has 0 saturated carbocycles. The molecule has 1 aromatic carbocycles. The molecule has 0 saturated heterocycles. The summed E-state index contributed by atoms with van der Waals surface area (Å²) in [5.74, 6) is -0.116. The van der Waals surface area contributed by atoms with Crippen LogP contribution in [0.5, 0.6) is 5.75 Å². The van der Waals surface area contributed by atoms with Gasteiger partial charge in [0.05, 0.1) is 24.5 Å². The molecule has 0 unspecified atom stereocenters. The second kappa shape index (κ2) is 7.92. The number of ether oxygens (including phenoxy) is 1. The molecule has 7 nitrogen and oxygen atoms in total. The third-order valence-electron chi connectivity index (χ3n) is 3.68. The van der Waals surface area contributed by atoms with Gasteiger partial charge in [-0.15, -0.1) is 0 Å². The Morgan fingerprint density at radius 3 is 2.88 bits per heavy atom. The first-order valence-corrected chi connectivity index (χ1v) is 8.09. The van der Waals surface area contributed by atoms with E-state index in [0.29, 0.717) is 23.4 Å². The lowest BCUT2D eigenvalue weighted by atomic mass is 10.1. The van der Waals surface area contributed by atoms with Crippen LogP contribution in [0.3, 0.4) is 0 Å². The smallest absolute Gasteiger partial charge is 0.226 e. The molecule has 2 N–H and O–H groups in total. The fourth-order valence-electron chi connectivity index (χ4n) is 2.40. The van der Waals surface area contributed by atoms with Gasteiger partial charge in [0, 0.05) is 12.0 Å². The summed E-state index contributed by atoms with van der Waals surface area (Å²) in [6.07, 6.45) is 3.62. The van der Waals surface area contributed by atoms with Gasteiger partial charge in [-0.25, -0.2) is 4.39 Å². The van der Waals surface area contributed by atoms with Crippen LogP contribution in [-0.4, -0.2) is 33.4 Å². The highest BCUT2D eigenvalue weighted by molar-refractivity contribution is 6.30. The Bertz CT molecular complexity index is 917. The van der Waals surface area contributed by atoms with Crippen molar-refractivity contribution in [2.45, 2.75) is 12.8 Å². The fraction of sp³-hybridized carbons (Fsp3) is 0.176. The van der Waals surface area contributed by atoms with Gasteiger partial charge in [-0.05, 0) is 30.2 Å². The van der Waals surface area contributed by atoms with E-state index in [4.69, 9.17) is 16.3 Å². The summed E-state index contributed by atoms with van der Waals surface area (Å²) in [5, 5.41) is 17.1. The van der Waals surface area contributed by atoms with E-state index in [1.165, 1.54) is 19.2 Å². The minimum atomic E-state index is -0.505. The largest absolute Gasteiger partial charge is 0.491 e. The minimum absolute atomic E-state index is 0.0533. The number of aryl methyl sites for hydroxylation is 1. The number of nitrogens with zero attached hydrogens (tertiary/aromatic N) is 3. The van der Waals surface area contributed by atoms with Crippen LogP contribution in [-0.2, 0) is 11.2 Å². The van der Waals surface area contributed by atoms with Crippen molar-refractivity contribution in [1.82, 2.24) is 20.4 Å². The summed E-state index contributed by atoms with van der Waals surface area (Å²) in [5.41, 5.74) is 1.98. The van der Waals surface area contributed by atoms with Crippen LogP contribution < -0.4 is 10.1 Å². The van der Waals surface area contributed by atoms with E-state index in [0.717, 1.165) is 5.56 Å². The number of nitrogens with one attached hydrogen (secondary N) is 2. The van der Waals surface area contributed by atoms with Crippen LogP contribution in [0.1, 0.15) is 12.0 Å². The van der Waals surface area contributed by atoms with Gasteiger partial charge in [0.2, 0.25) is 5.91 Å². The second-order valence-corrected chi connectivity index (χ2v) is 5.82. The Morgan fingerprint density at radius 1 is 1.35 bits per heavy atom. The number of aromatic nitrogens is 4. The van der Waals surface area contributed by atoms with Crippen LogP contribution in [0.15, 0.2) is 36.7 Å². The van der Waals surface area contributed by atoms with Crippen LogP contribution >= 0.6 is 11.6 Å². The molecule has 1 amide bonds. The molecule has 0 fully saturated rings. The molecule has 2 aromatic heterocycles. The molecule has 0 spiro atoms. The second-order valence-electron chi connectivity index (χ2n) is 5.41. The molecular weight excluding hydrogens is 361 g/mol. The Hall–Kier alpha value is -3.00. The SMILES string of the molecule is COc1c(NC(=O)CCc2ccc(Cl)c(F)c2)n[nH]c1-c1ccnnc1. The van der Waals surface area contributed by atoms with Gasteiger partial charge in [0.25, 0.3) is 0 Å². The van der Waals surface area contributed by atoms with Gasteiger partial charge in [-0.2, -0.15) is 15.3 Å². The number of carbonyl (C=O) groups excluding carboxylic acids is 1. The van der Waals surface area contributed by atoms with Gasteiger partial charge >= 0.3 is 0 Å². The number of methoxy groups -OCH3 is 1. The van der Waals surface area contributed by atoms with E-state index in [2.05, 4.69) is 25.7 Å². The molecule has 3 aromatic rings. The number of carbonyl (C=O) groups is 1. The molecule has 0 bridgehead atoms. The number of anilines is 1. The predicted octanol–water partition coefficient (Wildman–Crippen LogP) is 3.24. The fourth-order valence-corrected chi connectivity index (χ4v) is 2.51. The Labute approximate surface area is 153 Å². The number of benzene rings is 1. The van der Waals surface area contributed by atoms with Crippen molar-refractivity contribution in [3.05, 3.63) is 53.1 Å². The number of rotatable bonds is 6. The highest BCUT2D eigenvalue weighted by Gasteiger charge is 2.17. The molecule has 26 heavy (non-hydrogen) atoms. The monoisotopic (exact) mass is 375 g/mol. The van der Waals surface area contributed by atoms with Crippen LogP contribution in [0.2, 0.25) is 5.02 Å². The number of hydrogen-bond acceptors (Lipinski definition) is 5. The summed E-state index contributed by atoms with van der Waals surface area (Å²) in [4.78, 5) is 12.2. The summed E-state index contributed by atoms with van der Waals surface area (Å²) in [7, 11) is 1.48. The molecule has 0 atom stereocenters. The lowest BCUT2D eigenvalue weighted by Crippen LogP contribution is -2.13. The van der Waals surface area contributed by atoms with Crippen LogP contribution in [0.25, 0.3) is 11.3 Å². The third-order valence-corrected chi connectivity index (χ3v) is 3.99. The van der Waals surface area contributed by atoms with Crippen LogP contribution in [0.4, 0.5) is 10.2 Å². The van der Waals surface area contributed by atoms with E-state index in [9.17, 15) is 9.18 Å². The summed E-state index contributed by atoms with van der Waals surface area (Å²) in [6, 6.07) is 6.21. The number of H-pyrrole nitrogens is 1. The van der Waals surface area contributed by atoms with Gasteiger partial charge in [0.1, 0.15) is 11.5 Å². The maximum absolute atomic E-state index is 13.4. The van der Waals surface area contributed by atoms with E-state index in [1.54, 1.807) is 24.5 Å². The predicted molar refractivity (Wildman–Crippen MR) is 94.5 cm³/mol. The van der Waals surface area contributed by atoms with E-state index in [1.807, 2.05) is 0 Å². The first-order valence-electron chi connectivity index (χ1n) is 7.71. The molecule has 0 aliphatic rings. The highest BCUT2D eigenvalue weighted by Crippen LogP contribution is 2.33. The van der Waals surface area contributed by atoms with Gasteiger partial charge in [0.15, 0.2) is 11.6 Å². The third kappa shape index (κ3) is 3.97. The molecule has 9 heteroatoms. The lowest BCUT2D eigenvalue weighted by molar-refractivity contribution is -0.116. The molecule has 0 aliphatic carbocycles. The van der Waals surface area contributed by atoms with Gasteiger partial charge in [-0.3, -0.25) is 9.89 Å². The van der Waals surface area contributed by atoms with Crippen molar-refractivity contribution in [2.24, 2.45) is 0 Å². The molecule has 0 aliphatic heterocycles. The molecule has 0 radical (unpaired) electrons. The number of halogens is 2. The van der Waals surface area contributed by atoms with Crippen molar-refractivity contribution in [3.63, 3.8) is 0 Å². The topological polar surface area (TPSA) is 92.8 Å². The van der Waals surface area contributed by atoms with Gasteiger partial charge in [-0.1, -0.05) is 17.7 Å². The van der Waals surface area contributed by atoms with Crippen LogP contribution in [0, 0.1) is 5.82 Å². The summed E-state index contributed by atoms with van der Waals surface area (Å²) < 4.78 is 18.8. The van der Waals surface area contributed by atoms with Crippen molar-refractivity contribution in [3.8, 4) is 17.0 Å². The molecule has 2 heterocycles. The van der Waals surface area contributed by atoms with Gasteiger partial charge < -0.3 is 10.1 Å². The molecule has 3 rings (SSSR count). The Morgan fingerprint density at radius 2 is 2.19 bits per heavy atom. The standard InChI is InChI=1S/C17H15ClFN5O2/c1-26-16-15(11-6-7-20-21-9-11)23-24-17(16)22-14(25)5-3-10-2-4-12(18)13(19)8-10/h2,4,6-9H,3,5H2,1H3,(H2,22,23,24,25). The van der Waals surface area contributed by atoms with E-state index in [-0.39, 0.29) is 23.2 Å². The summed E-state index contributed by atoms with van der Waals surface area (Å²) >= 11 is 5.65. The number of amides is 1. The zero-order chi connectivity index (χ0) is 18.5. The zero-order valence-corrected chi connectivity index (χ0v) is 14.5. The van der Waals surface area contributed by atoms with E-state index < -0.39 is 5.82 Å².